The van der Waals surface area contributed by atoms with Gasteiger partial charge in [0.15, 0.2) is 0 Å². The molecule has 2 aromatic carbocycles. The van der Waals surface area contributed by atoms with Gasteiger partial charge in [-0.15, -0.1) is 0 Å². The van der Waals surface area contributed by atoms with Crippen molar-refractivity contribution >= 4 is 0 Å². The zero-order valence-corrected chi connectivity index (χ0v) is 14.9. The molecule has 0 saturated heterocycles. The molecule has 8 heteroatoms. The van der Waals surface area contributed by atoms with E-state index in [0.717, 1.165) is 4.57 Å². The first-order valence-corrected chi connectivity index (χ1v) is 8.38. The summed E-state index contributed by atoms with van der Waals surface area (Å²) in [5.74, 6) is 0.588. The minimum Gasteiger partial charge on any atom is -0.497 e. The maximum atomic E-state index is 13.4. The Labute approximate surface area is 158 Å². The summed E-state index contributed by atoms with van der Waals surface area (Å²) in [6.07, 6.45) is -4.83. The van der Waals surface area contributed by atoms with Crippen LogP contribution in [0.5, 0.6) is 5.75 Å². The molecule has 5 nitrogen and oxygen atoms in total. The molecule has 0 N–H and O–H groups in total. The Morgan fingerprint density at radius 1 is 0.857 bits per heavy atom. The molecule has 0 saturated carbocycles. The van der Waals surface area contributed by atoms with Gasteiger partial charge in [-0.25, -0.2) is 4.79 Å². The molecule has 0 radical (unpaired) electrons. The summed E-state index contributed by atoms with van der Waals surface area (Å²) >= 11 is 0. The van der Waals surface area contributed by atoms with Crippen LogP contribution in [0.25, 0.3) is 0 Å². The predicted octanol–water partition coefficient (Wildman–Crippen LogP) is 3.13. The number of hydrogen-bond acceptors (Lipinski definition) is 3. The summed E-state index contributed by atoms with van der Waals surface area (Å²) in [6, 6.07) is 15.3. The van der Waals surface area contributed by atoms with Gasteiger partial charge in [-0.3, -0.25) is 13.9 Å². The van der Waals surface area contributed by atoms with E-state index in [2.05, 4.69) is 0 Å². The number of nitrogens with zero attached hydrogens (tertiary/aromatic N) is 2. The molecule has 1 heterocycles. The van der Waals surface area contributed by atoms with Crippen LogP contribution < -0.4 is 16.0 Å². The van der Waals surface area contributed by atoms with Crippen LogP contribution in [-0.4, -0.2) is 16.2 Å². The van der Waals surface area contributed by atoms with Crippen molar-refractivity contribution < 1.29 is 17.9 Å². The van der Waals surface area contributed by atoms with E-state index >= 15 is 0 Å². The highest BCUT2D eigenvalue weighted by Crippen LogP contribution is 2.27. The van der Waals surface area contributed by atoms with Crippen LogP contribution in [0.4, 0.5) is 13.2 Å². The van der Waals surface area contributed by atoms with Gasteiger partial charge in [-0.2, -0.15) is 13.2 Å². The predicted molar refractivity (Wildman–Crippen MR) is 97.6 cm³/mol. The first kappa shape index (κ1) is 19.5. The summed E-state index contributed by atoms with van der Waals surface area (Å²) in [5, 5.41) is 0. The Balaban J connectivity index is 2.09. The monoisotopic (exact) mass is 390 g/mol. The fourth-order valence-corrected chi connectivity index (χ4v) is 2.83. The molecule has 0 fully saturated rings. The third-order valence-electron chi connectivity index (χ3n) is 4.25. The van der Waals surface area contributed by atoms with E-state index in [4.69, 9.17) is 4.74 Å². The van der Waals surface area contributed by atoms with Crippen LogP contribution in [-0.2, 0) is 19.3 Å². The topological polar surface area (TPSA) is 53.2 Å². The maximum Gasteiger partial charge on any atom is 0.431 e. The van der Waals surface area contributed by atoms with E-state index < -0.39 is 23.1 Å². The minimum absolute atomic E-state index is 0.144. The van der Waals surface area contributed by atoms with Crippen molar-refractivity contribution in [1.29, 1.82) is 0 Å². The van der Waals surface area contributed by atoms with Crippen LogP contribution >= 0.6 is 0 Å². The van der Waals surface area contributed by atoms with Crippen LogP contribution in [0, 0.1) is 0 Å². The summed E-state index contributed by atoms with van der Waals surface area (Å²) in [5.41, 5.74) is -2.18. The first-order chi connectivity index (χ1) is 13.3. The Kier molecular flexibility index (Phi) is 5.39. The third-order valence-corrected chi connectivity index (χ3v) is 4.25. The van der Waals surface area contributed by atoms with Crippen LogP contribution in [0.2, 0.25) is 0 Å². The fourth-order valence-electron chi connectivity index (χ4n) is 2.83. The second-order valence-electron chi connectivity index (χ2n) is 6.15. The Morgan fingerprint density at radius 2 is 1.43 bits per heavy atom. The average molecular weight is 390 g/mol. The molecule has 0 atom stereocenters. The van der Waals surface area contributed by atoms with Gasteiger partial charge in [0.2, 0.25) is 0 Å². The lowest BCUT2D eigenvalue weighted by molar-refractivity contribution is -0.144. The van der Waals surface area contributed by atoms with E-state index in [1.165, 1.54) is 7.11 Å². The van der Waals surface area contributed by atoms with Crippen LogP contribution in [0.1, 0.15) is 16.8 Å². The largest absolute Gasteiger partial charge is 0.497 e. The lowest BCUT2D eigenvalue weighted by Gasteiger charge is -2.17. The van der Waals surface area contributed by atoms with Crippen molar-refractivity contribution in [2.75, 3.05) is 7.11 Å². The number of halogens is 3. The normalized spacial score (nSPS) is 11.4. The fraction of sp³-hybridized carbons (Fsp3) is 0.200. The second-order valence-corrected chi connectivity index (χ2v) is 6.15. The van der Waals surface area contributed by atoms with Gasteiger partial charge in [0, 0.05) is 6.07 Å². The van der Waals surface area contributed by atoms with Crippen molar-refractivity contribution in [1.82, 2.24) is 9.13 Å². The Morgan fingerprint density at radius 3 is 2.00 bits per heavy atom. The van der Waals surface area contributed by atoms with Crippen LogP contribution in [0.15, 0.2) is 70.3 Å². The highest BCUT2D eigenvalue weighted by atomic mass is 19.4. The number of hydrogen-bond donors (Lipinski definition) is 0. The summed E-state index contributed by atoms with van der Waals surface area (Å²) in [4.78, 5) is 25.1. The molecule has 0 spiro atoms. The molecule has 0 aliphatic heterocycles. The van der Waals surface area contributed by atoms with E-state index in [9.17, 15) is 22.8 Å². The molecule has 3 aromatic rings. The number of rotatable bonds is 5. The standard InChI is InChI=1S/C20H17F3N2O3/c1-28-16-9-7-15(8-10-16)13-25-18(26)11-17(20(21,22)23)24(19(25)27)12-14-5-3-2-4-6-14/h2-11H,12-13H2,1H3. The number of aromatic nitrogens is 2. The Hall–Kier alpha value is -3.29. The molecule has 0 unspecified atom stereocenters. The molecule has 0 bridgehead atoms. The number of ether oxygens (including phenoxy) is 1. The molecule has 1 aromatic heterocycles. The second kappa shape index (κ2) is 7.75. The van der Waals surface area contributed by atoms with E-state index in [1.54, 1.807) is 54.6 Å². The van der Waals surface area contributed by atoms with Crippen molar-refractivity contribution in [3.05, 3.63) is 98.3 Å². The van der Waals surface area contributed by atoms with Crippen molar-refractivity contribution in [2.45, 2.75) is 19.3 Å². The van der Waals surface area contributed by atoms with Gasteiger partial charge in [-0.05, 0) is 23.3 Å². The SMILES string of the molecule is COc1ccc(Cn2c(=O)cc(C(F)(F)F)n(Cc3ccccc3)c2=O)cc1. The zero-order chi connectivity index (χ0) is 20.3. The highest BCUT2D eigenvalue weighted by Gasteiger charge is 2.35. The van der Waals surface area contributed by atoms with Gasteiger partial charge in [0.1, 0.15) is 11.4 Å². The molecule has 146 valence electrons. The zero-order valence-electron chi connectivity index (χ0n) is 14.9. The molecule has 3 rings (SSSR count). The number of alkyl halides is 3. The third kappa shape index (κ3) is 4.16. The summed E-state index contributed by atoms with van der Waals surface area (Å²) in [7, 11) is 1.50. The summed E-state index contributed by atoms with van der Waals surface area (Å²) in [6.45, 7) is -0.438. The molecule has 0 aliphatic carbocycles. The van der Waals surface area contributed by atoms with Gasteiger partial charge in [0.05, 0.1) is 20.2 Å². The maximum absolute atomic E-state index is 13.4. The smallest absolute Gasteiger partial charge is 0.431 e. The van der Waals surface area contributed by atoms with Crippen LogP contribution in [0.3, 0.4) is 0 Å². The molecule has 0 amide bonds. The quantitative estimate of drug-likeness (QED) is 0.673. The lowest BCUT2D eigenvalue weighted by Crippen LogP contribution is -2.43. The molecular weight excluding hydrogens is 373 g/mol. The average Bonchev–Trinajstić information content (AvgIpc) is 2.67. The van der Waals surface area contributed by atoms with E-state index in [0.29, 0.717) is 27.5 Å². The minimum atomic E-state index is -4.83. The van der Waals surface area contributed by atoms with Gasteiger partial charge >= 0.3 is 11.9 Å². The van der Waals surface area contributed by atoms with Crippen molar-refractivity contribution in [3.63, 3.8) is 0 Å². The van der Waals surface area contributed by atoms with Crippen molar-refractivity contribution in [3.8, 4) is 5.75 Å². The number of methoxy groups -OCH3 is 1. The van der Waals surface area contributed by atoms with Gasteiger partial charge < -0.3 is 4.74 Å². The number of benzene rings is 2. The highest BCUT2D eigenvalue weighted by molar-refractivity contribution is 5.27. The van der Waals surface area contributed by atoms with Gasteiger partial charge in [-0.1, -0.05) is 42.5 Å². The molecule has 0 aliphatic rings. The van der Waals surface area contributed by atoms with E-state index in [-0.39, 0.29) is 13.1 Å². The van der Waals surface area contributed by atoms with Crippen molar-refractivity contribution in [2.24, 2.45) is 0 Å². The summed E-state index contributed by atoms with van der Waals surface area (Å²) < 4.78 is 46.7. The first-order valence-electron chi connectivity index (χ1n) is 8.38. The molecule has 28 heavy (non-hydrogen) atoms. The molecular formula is C20H17F3N2O3. The van der Waals surface area contributed by atoms with Gasteiger partial charge in [0.25, 0.3) is 5.56 Å². The Bertz CT molecular complexity index is 1070. The van der Waals surface area contributed by atoms with E-state index in [1.807, 2.05) is 0 Å². The lowest BCUT2D eigenvalue weighted by atomic mass is 10.2.